The largest absolute Gasteiger partial charge is 0.311 e. The molecule has 0 bridgehead atoms. The first kappa shape index (κ1) is 12.7. The van der Waals surface area contributed by atoms with E-state index in [9.17, 15) is 4.39 Å². The fourth-order valence-corrected chi connectivity index (χ4v) is 1.67. The van der Waals surface area contributed by atoms with E-state index in [1.165, 1.54) is 6.07 Å². The van der Waals surface area contributed by atoms with Crippen LogP contribution in [0.1, 0.15) is 24.6 Å². The lowest BCUT2D eigenvalue weighted by atomic mass is 10.2. The molecule has 1 N–H and O–H groups in total. The van der Waals surface area contributed by atoms with E-state index in [1.807, 2.05) is 6.20 Å². The van der Waals surface area contributed by atoms with Crippen molar-refractivity contribution in [2.75, 3.05) is 6.54 Å². The van der Waals surface area contributed by atoms with Crippen molar-refractivity contribution < 1.29 is 4.39 Å². The van der Waals surface area contributed by atoms with Crippen LogP contribution in [0.5, 0.6) is 0 Å². The predicted octanol–water partition coefficient (Wildman–Crippen LogP) is 2.21. The van der Waals surface area contributed by atoms with E-state index in [2.05, 4.69) is 22.6 Å². The normalized spacial score (nSPS) is 10.8. The lowest BCUT2D eigenvalue weighted by Crippen LogP contribution is -2.13. The van der Waals surface area contributed by atoms with Crippen LogP contribution in [0.2, 0.25) is 0 Å². The average Bonchev–Trinajstić information content (AvgIpc) is 2.82. The molecule has 0 saturated heterocycles. The summed E-state index contributed by atoms with van der Waals surface area (Å²) in [6.07, 6.45) is 2.95. The summed E-state index contributed by atoms with van der Waals surface area (Å²) >= 11 is 0. The van der Waals surface area contributed by atoms with Crippen molar-refractivity contribution in [2.24, 2.45) is 0 Å². The van der Waals surface area contributed by atoms with Crippen molar-refractivity contribution in [3.05, 3.63) is 41.5 Å². The lowest BCUT2D eigenvalue weighted by molar-refractivity contribution is 0.617. The molecule has 2 rings (SSSR count). The highest BCUT2D eigenvalue weighted by molar-refractivity contribution is 5.35. The maximum atomic E-state index is 13.2. The molecule has 0 radical (unpaired) electrons. The number of aryl methyl sites for hydroxylation is 1. The van der Waals surface area contributed by atoms with Crippen LogP contribution < -0.4 is 5.32 Å². The van der Waals surface area contributed by atoms with Gasteiger partial charge in [-0.1, -0.05) is 12.1 Å². The van der Waals surface area contributed by atoms with Gasteiger partial charge >= 0.3 is 0 Å². The van der Waals surface area contributed by atoms with Crippen LogP contribution in [-0.2, 0) is 6.54 Å². The van der Waals surface area contributed by atoms with Crippen LogP contribution in [0.4, 0.5) is 4.39 Å². The summed E-state index contributed by atoms with van der Waals surface area (Å²) in [4.78, 5) is 0. The monoisotopic (exact) mass is 248 g/mol. The molecular weight excluding hydrogens is 231 g/mol. The number of nitrogens with one attached hydrogen (secondary N) is 1. The van der Waals surface area contributed by atoms with Crippen LogP contribution >= 0.6 is 0 Å². The number of halogens is 1. The Hall–Kier alpha value is -1.75. The summed E-state index contributed by atoms with van der Waals surface area (Å²) in [7, 11) is 0. The molecule has 1 heterocycles. The van der Waals surface area contributed by atoms with Gasteiger partial charge < -0.3 is 5.32 Å². The maximum absolute atomic E-state index is 13.2. The van der Waals surface area contributed by atoms with Gasteiger partial charge in [-0.2, -0.15) is 0 Å². The van der Waals surface area contributed by atoms with Crippen molar-refractivity contribution in [3.8, 4) is 5.69 Å². The third-order valence-electron chi connectivity index (χ3n) is 2.68. The van der Waals surface area contributed by atoms with Crippen LogP contribution in [0.25, 0.3) is 5.69 Å². The van der Waals surface area contributed by atoms with E-state index in [4.69, 9.17) is 0 Å². The van der Waals surface area contributed by atoms with Gasteiger partial charge in [0.15, 0.2) is 0 Å². The number of nitrogens with zero attached hydrogens (tertiary/aromatic N) is 3. The Morgan fingerprint density at radius 2 is 2.22 bits per heavy atom. The minimum absolute atomic E-state index is 0.205. The Morgan fingerprint density at radius 3 is 2.94 bits per heavy atom. The molecule has 0 atom stereocenters. The van der Waals surface area contributed by atoms with Gasteiger partial charge in [0.1, 0.15) is 5.82 Å². The molecule has 0 spiro atoms. The van der Waals surface area contributed by atoms with Crippen LogP contribution in [0, 0.1) is 12.7 Å². The molecule has 1 aromatic heterocycles. The molecule has 0 amide bonds. The van der Waals surface area contributed by atoms with Gasteiger partial charge in [0.25, 0.3) is 0 Å². The summed E-state index contributed by atoms with van der Waals surface area (Å²) in [6.45, 7) is 5.52. The van der Waals surface area contributed by atoms with E-state index in [-0.39, 0.29) is 5.82 Å². The van der Waals surface area contributed by atoms with Gasteiger partial charge in [0, 0.05) is 6.54 Å². The Kier molecular flexibility index (Phi) is 4.04. The second-order valence-electron chi connectivity index (χ2n) is 4.26. The summed E-state index contributed by atoms with van der Waals surface area (Å²) in [5.41, 5.74) is 2.31. The van der Waals surface area contributed by atoms with Crippen molar-refractivity contribution in [2.45, 2.75) is 26.8 Å². The highest BCUT2D eigenvalue weighted by Crippen LogP contribution is 2.12. The molecule has 4 nitrogen and oxygen atoms in total. The number of benzene rings is 1. The second-order valence-corrected chi connectivity index (χ2v) is 4.26. The Labute approximate surface area is 106 Å². The number of rotatable bonds is 5. The van der Waals surface area contributed by atoms with E-state index in [0.29, 0.717) is 12.1 Å². The van der Waals surface area contributed by atoms with Crippen LogP contribution in [0.15, 0.2) is 24.4 Å². The molecule has 5 heteroatoms. The van der Waals surface area contributed by atoms with E-state index < -0.39 is 0 Å². The molecule has 0 unspecified atom stereocenters. The van der Waals surface area contributed by atoms with E-state index in [0.717, 1.165) is 24.3 Å². The molecule has 1 aromatic carbocycles. The number of aromatic nitrogens is 3. The standard InChI is InChI=1S/C13H17FN4/c1-3-6-15-8-11-9-18(17-16-11)12-4-5-13(14)10(2)7-12/h4-5,7,9,15H,3,6,8H2,1-2H3. The van der Waals surface area contributed by atoms with E-state index in [1.54, 1.807) is 23.7 Å². The van der Waals surface area contributed by atoms with Crippen molar-refractivity contribution in [1.29, 1.82) is 0 Å². The number of hydrogen-bond acceptors (Lipinski definition) is 3. The quantitative estimate of drug-likeness (QED) is 0.825. The Balaban J connectivity index is 2.11. The molecule has 0 aliphatic carbocycles. The Morgan fingerprint density at radius 1 is 1.39 bits per heavy atom. The SMILES string of the molecule is CCCNCc1cn(-c2ccc(F)c(C)c2)nn1. The molecule has 0 aliphatic rings. The molecular formula is C13H17FN4. The molecule has 0 aliphatic heterocycles. The van der Waals surface area contributed by atoms with Gasteiger partial charge in [-0.3, -0.25) is 0 Å². The first-order chi connectivity index (χ1) is 8.70. The molecule has 0 fully saturated rings. The highest BCUT2D eigenvalue weighted by atomic mass is 19.1. The number of hydrogen-bond donors (Lipinski definition) is 1. The molecule has 2 aromatic rings. The van der Waals surface area contributed by atoms with Gasteiger partial charge in [-0.05, 0) is 43.7 Å². The highest BCUT2D eigenvalue weighted by Gasteiger charge is 2.04. The van der Waals surface area contributed by atoms with Gasteiger partial charge in [0.2, 0.25) is 0 Å². The summed E-state index contributed by atoms with van der Waals surface area (Å²) < 4.78 is 14.8. The smallest absolute Gasteiger partial charge is 0.126 e. The third-order valence-corrected chi connectivity index (χ3v) is 2.68. The van der Waals surface area contributed by atoms with Crippen molar-refractivity contribution in [1.82, 2.24) is 20.3 Å². The fraction of sp³-hybridized carbons (Fsp3) is 0.385. The van der Waals surface area contributed by atoms with Crippen LogP contribution in [0.3, 0.4) is 0 Å². The fourth-order valence-electron chi connectivity index (χ4n) is 1.67. The van der Waals surface area contributed by atoms with Crippen LogP contribution in [-0.4, -0.2) is 21.5 Å². The Bertz CT molecular complexity index is 521. The summed E-state index contributed by atoms with van der Waals surface area (Å²) in [6, 6.07) is 4.90. The maximum Gasteiger partial charge on any atom is 0.126 e. The molecule has 96 valence electrons. The predicted molar refractivity (Wildman–Crippen MR) is 68.1 cm³/mol. The first-order valence-electron chi connectivity index (χ1n) is 6.09. The zero-order valence-corrected chi connectivity index (χ0v) is 10.7. The topological polar surface area (TPSA) is 42.7 Å². The first-order valence-corrected chi connectivity index (χ1v) is 6.09. The molecule has 18 heavy (non-hydrogen) atoms. The van der Waals surface area contributed by atoms with Gasteiger partial charge in [-0.25, -0.2) is 9.07 Å². The summed E-state index contributed by atoms with van der Waals surface area (Å²) in [5, 5.41) is 11.4. The zero-order chi connectivity index (χ0) is 13.0. The minimum atomic E-state index is -0.205. The zero-order valence-electron chi connectivity index (χ0n) is 10.7. The van der Waals surface area contributed by atoms with Crippen molar-refractivity contribution in [3.63, 3.8) is 0 Å². The minimum Gasteiger partial charge on any atom is -0.311 e. The second kappa shape index (κ2) is 5.73. The molecule has 0 saturated carbocycles. The van der Waals surface area contributed by atoms with Gasteiger partial charge in [0.05, 0.1) is 17.6 Å². The lowest BCUT2D eigenvalue weighted by Gasteiger charge is -2.02. The third kappa shape index (κ3) is 2.92. The summed E-state index contributed by atoms with van der Waals surface area (Å²) in [5.74, 6) is -0.205. The average molecular weight is 248 g/mol. The van der Waals surface area contributed by atoms with Gasteiger partial charge in [-0.15, -0.1) is 5.10 Å². The van der Waals surface area contributed by atoms with Crippen molar-refractivity contribution >= 4 is 0 Å². The van der Waals surface area contributed by atoms with E-state index >= 15 is 0 Å².